The first-order valence-corrected chi connectivity index (χ1v) is 10.7. The summed E-state index contributed by atoms with van der Waals surface area (Å²) in [6.45, 7) is 2.66. The van der Waals surface area contributed by atoms with Gasteiger partial charge in [0.2, 0.25) is 5.43 Å². The van der Waals surface area contributed by atoms with E-state index in [9.17, 15) is 4.79 Å². The van der Waals surface area contributed by atoms with Crippen molar-refractivity contribution in [2.75, 3.05) is 6.79 Å². The van der Waals surface area contributed by atoms with Gasteiger partial charge in [0.25, 0.3) is 0 Å². The van der Waals surface area contributed by atoms with Crippen molar-refractivity contribution in [2.24, 2.45) is 0 Å². The SMILES string of the molecule is Cc1oc2cc(OCc3cc(Cl)cc4c3OCOC4)ccc2c(=O)c1-c1ccc(Cl)cc1. The van der Waals surface area contributed by atoms with Gasteiger partial charge in [-0.1, -0.05) is 35.3 Å². The van der Waals surface area contributed by atoms with Gasteiger partial charge in [-0.2, -0.15) is 0 Å². The van der Waals surface area contributed by atoms with Crippen LogP contribution in [0.15, 0.2) is 63.8 Å². The molecule has 0 unspecified atom stereocenters. The maximum atomic E-state index is 13.1. The molecule has 7 heteroatoms. The van der Waals surface area contributed by atoms with Gasteiger partial charge in [-0.3, -0.25) is 4.79 Å². The summed E-state index contributed by atoms with van der Waals surface area (Å²) in [6.07, 6.45) is 0. The third-order valence-electron chi connectivity index (χ3n) is 5.32. The Morgan fingerprint density at radius 2 is 1.81 bits per heavy atom. The fourth-order valence-corrected chi connectivity index (χ4v) is 4.24. The molecule has 1 aliphatic rings. The lowest BCUT2D eigenvalue weighted by molar-refractivity contribution is -0.0175. The van der Waals surface area contributed by atoms with Crippen molar-refractivity contribution in [3.8, 4) is 22.6 Å². The molecular formula is C25H18Cl2O5. The predicted molar refractivity (Wildman–Crippen MR) is 124 cm³/mol. The molecule has 0 bridgehead atoms. The van der Waals surface area contributed by atoms with Crippen LogP contribution in [0.3, 0.4) is 0 Å². The molecule has 5 rings (SSSR count). The minimum Gasteiger partial charge on any atom is -0.489 e. The molecule has 0 radical (unpaired) electrons. The summed E-state index contributed by atoms with van der Waals surface area (Å²) < 4.78 is 22.9. The minimum atomic E-state index is -0.102. The van der Waals surface area contributed by atoms with Gasteiger partial charge in [0, 0.05) is 27.2 Å². The highest BCUT2D eigenvalue weighted by molar-refractivity contribution is 6.31. The van der Waals surface area contributed by atoms with Crippen LogP contribution in [0.2, 0.25) is 10.0 Å². The number of hydrogen-bond acceptors (Lipinski definition) is 5. The van der Waals surface area contributed by atoms with Gasteiger partial charge >= 0.3 is 0 Å². The van der Waals surface area contributed by atoms with Crippen LogP contribution >= 0.6 is 23.2 Å². The molecule has 0 amide bonds. The van der Waals surface area contributed by atoms with E-state index >= 15 is 0 Å². The van der Waals surface area contributed by atoms with Crippen LogP contribution in [0, 0.1) is 6.92 Å². The second-order valence-corrected chi connectivity index (χ2v) is 8.35. The maximum Gasteiger partial charge on any atom is 0.200 e. The lowest BCUT2D eigenvalue weighted by Gasteiger charge is -2.21. The van der Waals surface area contributed by atoms with E-state index in [1.165, 1.54) is 0 Å². The van der Waals surface area contributed by atoms with Crippen molar-refractivity contribution >= 4 is 34.2 Å². The van der Waals surface area contributed by atoms with Crippen LogP contribution in [0.25, 0.3) is 22.1 Å². The lowest BCUT2D eigenvalue weighted by Crippen LogP contribution is -2.14. The highest BCUT2D eigenvalue weighted by atomic mass is 35.5. The fourth-order valence-electron chi connectivity index (χ4n) is 3.85. The summed E-state index contributed by atoms with van der Waals surface area (Å²) in [5, 5.41) is 1.68. The molecule has 1 aliphatic heterocycles. The first kappa shape index (κ1) is 20.9. The van der Waals surface area contributed by atoms with Gasteiger partial charge in [-0.05, 0) is 48.9 Å². The van der Waals surface area contributed by atoms with Gasteiger partial charge < -0.3 is 18.6 Å². The Balaban J connectivity index is 1.46. The number of hydrogen-bond donors (Lipinski definition) is 0. The first-order chi connectivity index (χ1) is 15.5. The van der Waals surface area contributed by atoms with Crippen molar-refractivity contribution < 1.29 is 18.6 Å². The van der Waals surface area contributed by atoms with E-state index in [1.807, 2.05) is 24.3 Å². The molecule has 1 aromatic heterocycles. The Morgan fingerprint density at radius 3 is 2.62 bits per heavy atom. The molecule has 3 aromatic carbocycles. The van der Waals surface area contributed by atoms with E-state index in [4.69, 9.17) is 41.8 Å². The van der Waals surface area contributed by atoms with Crippen LogP contribution in [-0.2, 0) is 18.0 Å². The molecule has 0 saturated heterocycles. The topological polar surface area (TPSA) is 57.9 Å². The van der Waals surface area contributed by atoms with Crippen LogP contribution in [0.1, 0.15) is 16.9 Å². The number of aryl methyl sites for hydroxylation is 1. The number of ether oxygens (including phenoxy) is 3. The zero-order valence-electron chi connectivity index (χ0n) is 17.1. The summed E-state index contributed by atoms with van der Waals surface area (Å²) in [5.41, 5.74) is 3.35. The largest absolute Gasteiger partial charge is 0.489 e. The summed E-state index contributed by atoms with van der Waals surface area (Å²) in [7, 11) is 0. The Bertz CT molecular complexity index is 1380. The normalized spacial score (nSPS) is 13.0. The van der Waals surface area contributed by atoms with E-state index in [2.05, 4.69) is 0 Å². The highest BCUT2D eigenvalue weighted by Gasteiger charge is 2.18. The second-order valence-electron chi connectivity index (χ2n) is 7.48. The lowest BCUT2D eigenvalue weighted by atomic mass is 10.0. The molecule has 0 saturated carbocycles. The first-order valence-electron chi connectivity index (χ1n) is 9.97. The summed E-state index contributed by atoms with van der Waals surface area (Å²) in [4.78, 5) is 13.1. The maximum absolute atomic E-state index is 13.1. The van der Waals surface area contributed by atoms with Gasteiger partial charge in [0.15, 0.2) is 6.79 Å². The Hall–Kier alpha value is -2.99. The quantitative estimate of drug-likeness (QED) is 0.341. The molecular weight excluding hydrogens is 451 g/mol. The van der Waals surface area contributed by atoms with Crippen LogP contribution < -0.4 is 14.9 Å². The van der Waals surface area contributed by atoms with Gasteiger partial charge in [-0.15, -0.1) is 0 Å². The number of rotatable bonds is 4. The summed E-state index contributed by atoms with van der Waals surface area (Å²) >= 11 is 12.2. The molecule has 0 spiro atoms. The van der Waals surface area contributed by atoms with Crippen molar-refractivity contribution in [1.82, 2.24) is 0 Å². The van der Waals surface area contributed by atoms with Crippen molar-refractivity contribution in [3.05, 3.63) is 91.8 Å². The Kier molecular flexibility index (Phi) is 5.55. The number of halogens is 2. The third-order valence-corrected chi connectivity index (χ3v) is 5.79. The molecule has 0 fully saturated rings. The Labute approximate surface area is 194 Å². The van der Waals surface area contributed by atoms with Crippen molar-refractivity contribution in [1.29, 1.82) is 0 Å². The molecule has 4 aromatic rings. The zero-order chi connectivity index (χ0) is 22.2. The zero-order valence-corrected chi connectivity index (χ0v) is 18.6. The van der Waals surface area contributed by atoms with Gasteiger partial charge in [0.05, 0.1) is 17.6 Å². The average molecular weight is 469 g/mol. The smallest absolute Gasteiger partial charge is 0.200 e. The molecule has 0 atom stereocenters. The molecule has 2 heterocycles. The highest BCUT2D eigenvalue weighted by Crippen LogP contribution is 2.33. The third kappa shape index (κ3) is 3.95. The molecule has 0 aliphatic carbocycles. The van der Waals surface area contributed by atoms with Crippen LogP contribution in [0.5, 0.6) is 11.5 Å². The average Bonchev–Trinajstić information content (AvgIpc) is 2.78. The van der Waals surface area contributed by atoms with E-state index in [1.54, 1.807) is 37.3 Å². The fraction of sp³-hybridized carbons (Fsp3) is 0.160. The van der Waals surface area contributed by atoms with E-state index in [-0.39, 0.29) is 18.8 Å². The van der Waals surface area contributed by atoms with Crippen LogP contribution in [-0.4, -0.2) is 6.79 Å². The summed E-state index contributed by atoms with van der Waals surface area (Å²) in [6, 6.07) is 15.9. The van der Waals surface area contributed by atoms with Crippen molar-refractivity contribution in [2.45, 2.75) is 20.1 Å². The molecule has 5 nitrogen and oxygen atoms in total. The van der Waals surface area contributed by atoms with E-state index < -0.39 is 0 Å². The number of fused-ring (bicyclic) bond motifs is 2. The molecule has 32 heavy (non-hydrogen) atoms. The molecule has 0 N–H and O–H groups in total. The molecule has 162 valence electrons. The minimum absolute atomic E-state index is 0.102. The standard InChI is InChI=1S/C25H18Cl2O5/c1-14-23(15-2-4-18(26)5-3-15)24(28)21-7-6-20(10-22(21)32-14)30-12-17-9-19(27)8-16-11-29-13-31-25(16)17/h2-10H,11-13H2,1H3. The Morgan fingerprint density at radius 1 is 1.00 bits per heavy atom. The van der Waals surface area contributed by atoms with Gasteiger partial charge in [-0.25, -0.2) is 0 Å². The number of benzene rings is 3. The predicted octanol–water partition coefficient (Wildman–Crippen LogP) is 6.52. The monoisotopic (exact) mass is 468 g/mol. The second kappa shape index (κ2) is 8.51. The van der Waals surface area contributed by atoms with Gasteiger partial charge in [0.1, 0.15) is 29.4 Å². The van der Waals surface area contributed by atoms with E-state index in [0.717, 1.165) is 22.4 Å². The van der Waals surface area contributed by atoms with E-state index in [0.29, 0.717) is 44.7 Å². The van der Waals surface area contributed by atoms with Crippen molar-refractivity contribution in [3.63, 3.8) is 0 Å². The summed E-state index contributed by atoms with van der Waals surface area (Å²) in [5.74, 6) is 1.83. The van der Waals surface area contributed by atoms with Crippen LogP contribution in [0.4, 0.5) is 0 Å².